The molecule has 0 aliphatic rings. The highest BCUT2D eigenvalue weighted by molar-refractivity contribution is 6.04. The number of aryl methyl sites for hydroxylation is 3. The van der Waals surface area contributed by atoms with E-state index in [9.17, 15) is 4.79 Å². The first-order chi connectivity index (χ1) is 12.5. The van der Waals surface area contributed by atoms with Crippen LogP contribution in [0.1, 0.15) is 34.2 Å². The minimum absolute atomic E-state index is 0.136. The van der Waals surface area contributed by atoms with Crippen LogP contribution < -0.4 is 10.6 Å². The molecule has 0 fully saturated rings. The molecule has 26 heavy (non-hydrogen) atoms. The van der Waals surface area contributed by atoms with Gasteiger partial charge in [0, 0.05) is 28.3 Å². The molecule has 1 heterocycles. The number of hydrogen-bond acceptors (Lipinski definition) is 4. The summed E-state index contributed by atoms with van der Waals surface area (Å²) in [6, 6.07) is 17.0. The SMILES string of the molecule is CCc1ccc(NC(=O)c2ccc(Nc3nc(C)cc(C)n3)cc2)cc1. The van der Waals surface area contributed by atoms with Crippen molar-refractivity contribution in [2.45, 2.75) is 27.2 Å². The van der Waals surface area contributed by atoms with E-state index in [1.54, 1.807) is 12.1 Å². The molecule has 2 aromatic carbocycles. The Labute approximate surface area is 153 Å². The second kappa shape index (κ2) is 7.78. The normalized spacial score (nSPS) is 10.4. The zero-order chi connectivity index (χ0) is 18.5. The van der Waals surface area contributed by atoms with Gasteiger partial charge in [0.25, 0.3) is 5.91 Å². The molecule has 2 N–H and O–H groups in total. The Kier molecular flexibility index (Phi) is 5.27. The molecule has 3 aromatic rings. The van der Waals surface area contributed by atoms with Crippen LogP contribution in [0.3, 0.4) is 0 Å². The summed E-state index contributed by atoms with van der Waals surface area (Å²) in [4.78, 5) is 21.1. The largest absolute Gasteiger partial charge is 0.324 e. The van der Waals surface area contributed by atoms with Gasteiger partial charge in [-0.3, -0.25) is 4.79 Å². The van der Waals surface area contributed by atoms with Crippen molar-refractivity contribution in [3.8, 4) is 0 Å². The average molecular weight is 346 g/mol. The lowest BCUT2D eigenvalue weighted by molar-refractivity contribution is 0.102. The monoisotopic (exact) mass is 346 g/mol. The van der Waals surface area contributed by atoms with Gasteiger partial charge >= 0.3 is 0 Å². The van der Waals surface area contributed by atoms with Crippen LogP contribution in [0.2, 0.25) is 0 Å². The first kappa shape index (κ1) is 17.6. The van der Waals surface area contributed by atoms with Crippen LogP contribution in [-0.4, -0.2) is 15.9 Å². The topological polar surface area (TPSA) is 66.9 Å². The highest BCUT2D eigenvalue weighted by Crippen LogP contribution is 2.16. The lowest BCUT2D eigenvalue weighted by atomic mass is 10.1. The maximum absolute atomic E-state index is 12.4. The molecule has 5 heteroatoms. The third-order valence-corrected chi connectivity index (χ3v) is 4.01. The van der Waals surface area contributed by atoms with Crippen LogP contribution in [0.5, 0.6) is 0 Å². The Morgan fingerprint density at radius 3 is 2.04 bits per heavy atom. The molecule has 0 aliphatic carbocycles. The van der Waals surface area contributed by atoms with Gasteiger partial charge in [0.05, 0.1) is 0 Å². The summed E-state index contributed by atoms with van der Waals surface area (Å²) in [5, 5.41) is 6.07. The minimum atomic E-state index is -0.136. The molecule has 0 bridgehead atoms. The van der Waals surface area contributed by atoms with Gasteiger partial charge in [0.1, 0.15) is 0 Å². The first-order valence-electron chi connectivity index (χ1n) is 8.63. The molecule has 0 atom stereocenters. The molecular formula is C21H22N4O. The number of benzene rings is 2. The van der Waals surface area contributed by atoms with Crippen LogP contribution in [-0.2, 0) is 6.42 Å². The van der Waals surface area contributed by atoms with Gasteiger partial charge in [0.15, 0.2) is 0 Å². The molecular weight excluding hydrogens is 324 g/mol. The highest BCUT2D eigenvalue weighted by atomic mass is 16.1. The molecule has 0 saturated carbocycles. The maximum Gasteiger partial charge on any atom is 0.255 e. The van der Waals surface area contributed by atoms with Crippen LogP contribution in [0.15, 0.2) is 54.6 Å². The Morgan fingerprint density at radius 2 is 1.46 bits per heavy atom. The van der Waals surface area contributed by atoms with Crippen molar-refractivity contribution in [2.24, 2.45) is 0 Å². The van der Waals surface area contributed by atoms with E-state index >= 15 is 0 Å². The second-order valence-electron chi connectivity index (χ2n) is 6.18. The van der Waals surface area contributed by atoms with Crippen molar-refractivity contribution in [2.75, 3.05) is 10.6 Å². The van der Waals surface area contributed by atoms with Gasteiger partial charge in [-0.2, -0.15) is 0 Å². The molecule has 0 spiro atoms. The Morgan fingerprint density at radius 1 is 0.885 bits per heavy atom. The van der Waals surface area contributed by atoms with E-state index < -0.39 is 0 Å². The fraction of sp³-hybridized carbons (Fsp3) is 0.190. The number of aromatic nitrogens is 2. The summed E-state index contributed by atoms with van der Waals surface area (Å²) in [6.07, 6.45) is 0.979. The number of carbonyl (C=O) groups is 1. The number of amides is 1. The standard InChI is InChI=1S/C21H22N4O/c1-4-16-5-9-18(10-6-16)24-20(26)17-7-11-19(12-8-17)25-21-22-14(2)13-15(3)23-21/h5-13H,4H2,1-3H3,(H,24,26)(H,22,23,25). The van der Waals surface area contributed by atoms with Crippen molar-refractivity contribution in [1.82, 2.24) is 9.97 Å². The predicted molar refractivity (Wildman–Crippen MR) is 105 cm³/mol. The lowest BCUT2D eigenvalue weighted by Gasteiger charge is -2.09. The third kappa shape index (κ3) is 4.45. The second-order valence-corrected chi connectivity index (χ2v) is 6.18. The van der Waals surface area contributed by atoms with Gasteiger partial charge in [-0.1, -0.05) is 19.1 Å². The van der Waals surface area contributed by atoms with Crippen molar-refractivity contribution >= 4 is 23.2 Å². The summed E-state index contributed by atoms with van der Waals surface area (Å²) in [5.41, 5.74) is 5.27. The fourth-order valence-electron chi connectivity index (χ4n) is 2.64. The molecule has 1 amide bonds. The van der Waals surface area contributed by atoms with E-state index in [2.05, 4.69) is 27.5 Å². The van der Waals surface area contributed by atoms with E-state index in [-0.39, 0.29) is 5.91 Å². The first-order valence-corrected chi connectivity index (χ1v) is 8.63. The van der Waals surface area contributed by atoms with Gasteiger partial charge in [-0.05, 0) is 68.3 Å². The summed E-state index contributed by atoms with van der Waals surface area (Å²) in [5.74, 6) is 0.416. The van der Waals surface area contributed by atoms with Crippen LogP contribution in [0, 0.1) is 13.8 Å². The highest BCUT2D eigenvalue weighted by Gasteiger charge is 2.07. The Hall–Kier alpha value is -3.21. The zero-order valence-corrected chi connectivity index (χ0v) is 15.2. The van der Waals surface area contributed by atoms with E-state index in [0.29, 0.717) is 11.5 Å². The summed E-state index contributed by atoms with van der Waals surface area (Å²) >= 11 is 0. The van der Waals surface area contributed by atoms with Gasteiger partial charge in [-0.15, -0.1) is 0 Å². The Balaban J connectivity index is 1.67. The third-order valence-electron chi connectivity index (χ3n) is 4.01. The van der Waals surface area contributed by atoms with E-state index in [1.807, 2.05) is 56.3 Å². The molecule has 0 radical (unpaired) electrons. The van der Waals surface area contributed by atoms with Crippen molar-refractivity contribution in [3.05, 3.63) is 77.1 Å². The van der Waals surface area contributed by atoms with Crippen LogP contribution >= 0.6 is 0 Å². The number of nitrogens with one attached hydrogen (secondary N) is 2. The summed E-state index contributed by atoms with van der Waals surface area (Å²) in [6.45, 7) is 5.97. The van der Waals surface area contributed by atoms with E-state index in [1.165, 1.54) is 5.56 Å². The minimum Gasteiger partial charge on any atom is -0.324 e. The average Bonchev–Trinajstić information content (AvgIpc) is 2.62. The maximum atomic E-state index is 12.4. The predicted octanol–water partition coefficient (Wildman–Crippen LogP) is 4.65. The lowest BCUT2D eigenvalue weighted by Crippen LogP contribution is -2.11. The molecule has 3 rings (SSSR count). The molecule has 5 nitrogen and oxygen atoms in total. The van der Waals surface area contributed by atoms with Gasteiger partial charge in [-0.25, -0.2) is 9.97 Å². The summed E-state index contributed by atoms with van der Waals surface area (Å²) in [7, 11) is 0. The van der Waals surface area contributed by atoms with Gasteiger partial charge in [0.2, 0.25) is 5.95 Å². The molecule has 0 unspecified atom stereocenters. The van der Waals surface area contributed by atoms with E-state index in [4.69, 9.17) is 0 Å². The molecule has 1 aromatic heterocycles. The summed E-state index contributed by atoms with van der Waals surface area (Å²) < 4.78 is 0. The smallest absolute Gasteiger partial charge is 0.255 e. The fourth-order valence-corrected chi connectivity index (χ4v) is 2.64. The molecule has 132 valence electrons. The quantitative estimate of drug-likeness (QED) is 0.705. The number of carbonyl (C=O) groups excluding carboxylic acids is 1. The van der Waals surface area contributed by atoms with Gasteiger partial charge < -0.3 is 10.6 Å². The molecule has 0 saturated heterocycles. The van der Waals surface area contributed by atoms with Crippen molar-refractivity contribution in [1.29, 1.82) is 0 Å². The van der Waals surface area contributed by atoms with Crippen LogP contribution in [0.25, 0.3) is 0 Å². The van der Waals surface area contributed by atoms with Crippen LogP contribution in [0.4, 0.5) is 17.3 Å². The van der Waals surface area contributed by atoms with Crippen molar-refractivity contribution < 1.29 is 4.79 Å². The number of rotatable bonds is 5. The van der Waals surface area contributed by atoms with E-state index in [0.717, 1.165) is 29.2 Å². The number of hydrogen-bond donors (Lipinski definition) is 2. The van der Waals surface area contributed by atoms with Crippen molar-refractivity contribution in [3.63, 3.8) is 0 Å². The number of nitrogens with zero attached hydrogens (tertiary/aromatic N) is 2. The molecule has 0 aliphatic heterocycles. The Bertz CT molecular complexity index is 882. The number of anilines is 3. The zero-order valence-electron chi connectivity index (χ0n) is 15.2.